The van der Waals surface area contributed by atoms with Gasteiger partial charge in [-0.05, 0) is 63.3 Å². The summed E-state index contributed by atoms with van der Waals surface area (Å²) >= 11 is 0. The van der Waals surface area contributed by atoms with Crippen molar-refractivity contribution in [1.82, 2.24) is 10.2 Å². The van der Waals surface area contributed by atoms with Crippen molar-refractivity contribution in [3.05, 3.63) is 29.6 Å². The zero-order chi connectivity index (χ0) is 23.9. The van der Waals surface area contributed by atoms with Crippen LogP contribution in [0.3, 0.4) is 0 Å². The van der Waals surface area contributed by atoms with E-state index in [0.717, 1.165) is 5.56 Å². The third-order valence-corrected chi connectivity index (χ3v) is 5.28. The quantitative estimate of drug-likeness (QED) is 0.628. The third-order valence-electron chi connectivity index (χ3n) is 5.28. The third kappa shape index (κ3) is 7.97. The predicted octanol–water partition coefficient (Wildman–Crippen LogP) is 3.67. The van der Waals surface area contributed by atoms with Gasteiger partial charge < -0.3 is 24.8 Å². The van der Waals surface area contributed by atoms with Crippen LogP contribution < -0.4 is 10.1 Å². The van der Waals surface area contributed by atoms with Crippen LogP contribution in [-0.2, 0) is 16.0 Å². The molecule has 1 fully saturated rings. The normalized spacial score (nSPS) is 16.1. The summed E-state index contributed by atoms with van der Waals surface area (Å²) in [5.41, 5.74) is 0.0970. The van der Waals surface area contributed by atoms with Crippen LogP contribution >= 0.6 is 0 Å². The Morgan fingerprint density at radius 2 is 1.91 bits per heavy atom. The fourth-order valence-electron chi connectivity index (χ4n) is 3.65. The first kappa shape index (κ1) is 25.9. The van der Waals surface area contributed by atoms with E-state index >= 15 is 0 Å². The predicted molar refractivity (Wildman–Crippen MR) is 120 cm³/mol. The molecule has 1 aromatic rings. The van der Waals surface area contributed by atoms with Gasteiger partial charge in [-0.15, -0.1) is 0 Å². The lowest BCUT2D eigenvalue weighted by Gasteiger charge is -2.35. The summed E-state index contributed by atoms with van der Waals surface area (Å²) in [5, 5.41) is 11.8. The number of carbonyl (C=O) groups is 2. The number of nitrogens with zero attached hydrogens (tertiary/aromatic N) is 1. The van der Waals surface area contributed by atoms with Crippen molar-refractivity contribution in [2.45, 2.75) is 78.0 Å². The molecule has 32 heavy (non-hydrogen) atoms. The van der Waals surface area contributed by atoms with Crippen LogP contribution in [0.2, 0.25) is 0 Å². The molecule has 7 nitrogen and oxygen atoms in total. The van der Waals surface area contributed by atoms with Crippen LogP contribution in [0, 0.1) is 11.7 Å². The molecule has 1 aliphatic heterocycles. The van der Waals surface area contributed by atoms with Crippen LogP contribution in [0.5, 0.6) is 5.75 Å². The topological polar surface area (TPSA) is 88.1 Å². The molecule has 1 heterocycles. The molecule has 1 atom stereocenters. The van der Waals surface area contributed by atoms with Crippen LogP contribution in [-0.4, -0.2) is 59.5 Å². The first-order valence-electron chi connectivity index (χ1n) is 11.3. The van der Waals surface area contributed by atoms with Gasteiger partial charge in [-0.2, -0.15) is 0 Å². The van der Waals surface area contributed by atoms with E-state index in [1.54, 1.807) is 31.7 Å². The lowest BCUT2D eigenvalue weighted by Crippen LogP contribution is -2.54. The monoisotopic (exact) mass is 452 g/mol. The fourth-order valence-corrected chi connectivity index (χ4v) is 3.65. The van der Waals surface area contributed by atoms with Crippen LogP contribution in [0.25, 0.3) is 0 Å². The number of hydrogen-bond acceptors (Lipinski definition) is 5. The first-order chi connectivity index (χ1) is 15.0. The van der Waals surface area contributed by atoms with Gasteiger partial charge in [-0.1, -0.05) is 13.8 Å². The summed E-state index contributed by atoms with van der Waals surface area (Å²) in [6.45, 7) is 10.2. The Hall–Kier alpha value is -2.35. The molecule has 0 aromatic heterocycles. The van der Waals surface area contributed by atoms with Gasteiger partial charge in [-0.3, -0.25) is 4.79 Å². The van der Waals surface area contributed by atoms with Gasteiger partial charge in [0.15, 0.2) is 0 Å². The Morgan fingerprint density at radius 1 is 1.25 bits per heavy atom. The van der Waals surface area contributed by atoms with E-state index in [0.29, 0.717) is 44.5 Å². The summed E-state index contributed by atoms with van der Waals surface area (Å²) in [4.78, 5) is 27.0. The van der Waals surface area contributed by atoms with Crippen molar-refractivity contribution in [1.29, 1.82) is 0 Å². The molecule has 2 amide bonds. The maximum atomic E-state index is 13.6. The molecule has 8 heteroatoms. The number of likely N-dealkylation sites (tertiary alicyclic amines) is 1. The minimum Gasteiger partial charge on any atom is -0.490 e. The standard InChI is InChI=1S/C24H37FN2O5/c1-16(2)21(26-23(30)32-24(3,4)5)22(29)27-12-10-19(11-13-27)31-20-9-8-18(25)15-17(20)7-6-14-28/h8-9,15-16,19,21,28H,6-7,10-14H2,1-5H3,(H,26,30)/t21-/m0/s1. The minimum atomic E-state index is -0.662. The second-order valence-electron chi connectivity index (χ2n) is 9.59. The summed E-state index contributed by atoms with van der Waals surface area (Å²) in [5.74, 6) is 0.0752. The zero-order valence-corrected chi connectivity index (χ0v) is 19.8. The molecule has 0 radical (unpaired) electrons. The lowest BCUT2D eigenvalue weighted by atomic mass is 10.0. The Kier molecular flexibility index (Phi) is 9.31. The fraction of sp³-hybridized carbons (Fsp3) is 0.667. The molecular formula is C24H37FN2O5. The van der Waals surface area contributed by atoms with E-state index in [1.165, 1.54) is 12.1 Å². The second-order valence-corrected chi connectivity index (χ2v) is 9.59. The number of aliphatic hydroxyl groups excluding tert-OH is 1. The molecule has 180 valence electrons. The number of benzene rings is 1. The highest BCUT2D eigenvalue weighted by atomic mass is 19.1. The van der Waals surface area contributed by atoms with Gasteiger partial charge >= 0.3 is 6.09 Å². The van der Waals surface area contributed by atoms with E-state index in [-0.39, 0.29) is 30.4 Å². The first-order valence-corrected chi connectivity index (χ1v) is 11.3. The molecule has 2 rings (SSSR count). The Labute approximate surface area is 190 Å². The molecule has 0 saturated carbocycles. The summed E-state index contributed by atoms with van der Waals surface area (Å²) in [7, 11) is 0. The van der Waals surface area contributed by atoms with E-state index < -0.39 is 17.7 Å². The number of carbonyl (C=O) groups excluding carboxylic acids is 2. The Morgan fingerprint density at radius 3 is 2.47 bits per heavy atom. The van der Waals surface area contributed by atoms with Crippen molar-refractivity contribution in [2.75, 3.05) is 19.7 Å². The van der Waals surface area contributed by atoms with Gasteiger partial charge in [0.05, 0.1) is 0 Å². The number of aryl methyl sites for hydroxylation is 1. The van der Waals surface area contributed by atoms with Crippen molar-refractivity contribution < 1.29 is 28.6 Å². The van der Waals surface area contributed by atoms with E-state index in [1.807, 2.05) is 13.8 Å². The highest BCUT2D eigenvalue weighted by molar-refractivity contribution is 5.86. The van der Waals surface area contributed by atoms with Gasteiger partial charge in [0.25, 0.3) is 0 Å². The molecular weight excluding hydrogens is 415 g/mol. The Bertz CT molecular complexity index is 770. The zero-order valence-electron chi connectivity index (χ0n) is 19.8. The number of hydrogen-bond donors (Lipinski definition) is 2. The smallest absolute Gasteiger partial charge is 0.408 e. The number of amides is 2. The number of aliphatic hydroxyl groups is 1. The molecule has 1 saturated heterocycles. The minimum absolute atomic E-state index is 0.0325. The maximum absolute atomic E-state index is 13.6. The van der Waals surface area contributed by atoms with E-state index in [9.17, 15) is 14.0 Å². The number of nitrogens with one attached hydrogen (secondary N) is 1. The largest absolute Gasteiger partial charge is 0.490 e. The second kappa shape index (κ2) is 11.5. The number of ether oxygens (including phenoxy) is 2. The maximum Gasteiger partial charge on any atom is 0.408 e. The van der Waals surface area contributed by atoms with Gasteiger partial charge in [0, 0.05) is 32.5 Å². The van der Waals surface area contributed by atoms with Gasteiger partial charge in [0.2, 0.25) is 5.91 Å². The molecule has 0 aliphatic carbocycles. The molecule has 1 aromatic carbocycles. The van der Waals surface area contributed by atoms with Gasteiger partial charge in [0.1, 0.15) is 29.3 Å². The van der Waals surface area contributed by atoms with Crippen molar-refractivity contribution >= 4 is 12.0 Å². The average molecular weight is 453 g/mol. The molecule has 0 bridgehead atoms. The van der Waals surface area contributed by atoms with Crippen molar-refractivity contribution in [2.24, 2.45) is 5.92 Å². The van der Waals surface area contributed by atoms with Gasteiger partial charge in [-0.25, -0.2) is 9.18 Å². The van der Waals surface area contributed by atoms with Crippen LogP contribution in [0.1, 0.15) is 59.4 Å². The van der Waals surface area contributed by atoms with Crippen molar-refractivity contribution in [3.8, 4) is 5.75 Å². The summed E-state index contributed by atoms with van der Waals surface area (Å²) in [6.07, 6.45) is 1.66. The number of rotatable bonds is 8. The van der Waals surface area contributed by atoms with Crippen LogP contribution in [0.4, 0.5) is 9.18 Å². The highest BCUT2D eigenvalue weighted by Crippen LogP contribution is 2.26. The molecule has 0 spiro atoms. The van der Waals surface area contributed by atoms with E-state index in [4.69, 9.17) is 14.6 Å². The highest BCUT2D eigenvalue weighted by Gasteiger charge is 2.33. The molecule has 2 N–H and O–H groups in total. The molecule has 1 aliphatic rings. The van der Waals surface area contributed by atoms with Crippen molar-refractivity contribution in [3.63, 3.8) is 0 Å². The summed E-state index contributed by atoms with van der Waals surface area (Å²) in [6, 6.07) is 3.77. The molecule has 0 unspecified atom stereocenters. The number of alkyl carbamates (subject to hydrolysis) is 1. The Balaban J connectivity index is 1.95. The van der Waals surface area contributed by atoms with Crippen LogP contribution in [0.15, 0.2) is 18.2 Å². The number of piperidine rings is 1. The average Bonchev–Trinajstić information content (AvgIpc) is 2.70. The summed E-state index contributed by atoms with van der Waals surface area (Å²) < 4.78 is 25.0. The SMILES string of the molecule is CC(C)[C@H](NC(=O)OC(C)(C)C)C(=O)N1CCC(Oc2ccc(F)cc2CCCO)CC1. The number of halogens is 1. The lowest BCUT2D eigenvalue weighted by molar-refractivity contribution is -0.136. The van der Waals surface area contributed by atoms with E-state index in [2.05, 4.69) is 5.32 Å².